The molecule has 0 fully saturated rings. The molecule has 1 amide bonds. The highest BCUT2D eigenvalue weighted by molar-refractivity contribution is 7.92. The van der Waals surface area contributed by atoms with Crippen LogP contribution in [-0.2, 0) is 19.6 Å². The number of benzene rings is 3. The lowest BCUT2D eigenvalue weighted by Crippen LogP contribution is -2.21. The van der Waals surface area contributed by atoms with Crippen LogP contribution in [0.1, 0.15) is 15.9 Å². The Kier molecular flexibility index (Phi) is 7.75. The Morgan fingerprint density at radius 3 is 2.18 bits per heavy atom. The van der Waals surface area contributed by atoms with Crippen LogP contribution >= 0.6 is 0 Å². The van der Waals surface area contributed by atoms with Gasteiger partial charge in [-0.3, -0.25) is 9.52 Å². The molecule has 0 unspecified atom stereocenters. The van der Waals surface area contributed by atoms with Gasteiger partial charge in [-0.25, -0.2) is 13.2 Å². The summed E-state index contributed by atoms with van der Waals surface area (Å²) in [6.07, 6.45) is 0. The van der Waals surface area contributed by atoms with E-state index in [1.54, 1.807) is 42.5 Å². The number of nitrogens with one attached hydrogen (secondary N) is 2. The van der Waals surface area contributed by atoms with Crippen LogP contribution in [0.15, 0.2) is 71.6 Å². The highest BCUT2D eigenvalue weighted by Gasteiger charge is 2.17. The molecule has 3 aromatic carbocycles. The topological polar surface area (TPSA) is 120 Å². The minimum Gasteiger partial charge on any atom is -0.497 e. The van der Waals surface area contributed by atoms with E-state index in [2.05, 4.69) is 10.0 Å². The molecule has 0 aliphatic rings. The van der Waals surface area contributed by atoms with Crippen molar-refractivity contribution in [2.24, 2.45) is 0 Å². The molecular weight excluding hydrogens is 460 g/mol. The number of carbonyl (C=O) groups excluding carboxylic acids is 2. The van der Waals surface area contributed by atoms with Gasteiger partial charge in [0, 0.05) is 11.8 Å². The number of esters is 1. The van der Waals surface area contributed by atoms with E-state index in [9.17, 15) is 18.0 Å². The van der Waals surface area contributed by atoms with E-state index in [1.165, 1.54) is 38.5 Å². The average Bonchev–Trinajstić information content (AvgIpc) is 2.84. The molecule has 0 radical (unpaired) electrons. The van der Waals surface area contributed by atoms with Gasteiger partial charge < -0.3 is 19.5 Å². The van der Waals surface area contributed by atoms with Gasteiger partial charge in [0.15, 0.2) is 6.61 Å². The van der Waals surface area contributed by atoms with Crippen LogP contribution in [0.2, 0.25) is 0 Å². The van der Waals surface area contributed by atoms with Crippen molar-refractivity contribution in [1.29, 1.82) is 0 Å². The van der Waals surface area contributed by atoms with Crippen molar-refractivity contribution in [3.05, 3.63) is 77.9 Å². The zero-order chi connectivity index (χ0) is 24.7. The third kappa shape index (κ3) is 6.26. The van der Waals surface area contributed by atoms with Crippen molar-refractivity contribution < 1.29 is 32.2 Å². The van der Waals surface area contributed by atoms with E-state index in [4.69, 9.17) is 14.2 Å². The second-order valence-corrected chi connectivity index (χ2v) is 8.87. The molecule has 0 spiro atoms. The molecule has 2 N–H and O–H groups in total. The molecule has 0 aliphatic carbocycles. The molecule has 0 heterocycles. The molecule has 3 aromatic rings. The Morgan fingerprint density at radius 2 is 1.56 bits per heavy atom. The van der Waals surface area contributed by atoms with Crippen LogP contribution in [0.25, 0.3) is 0 Å². The van der Waals surface area contributed by atoms with Gasteiger partial charge in [-0.2, -0.15) is 0 Å². The molecule has 178 valence electrons. The van der Waals surface area contributed by atoms with Gasteiger partial charge in [-0.05, 0) is 55.5 Å². The molecule has 0 aromatic heterocycles. The quantitative estimate of drug-likeness (QED) is 0.445. The van der Waals surface area contributed by atoms with Gasteiger partial charge in [0.2, 0.25) is 0 Å². The molecular formula is C24H24N2O7S. The van der Waals surface area contributed by atoms with Crippen molar-refractivity contribution in [1.82, 2.24) is 0 Å². The Bertz CT molecular complexity index is 1270. The van der Waals surface area contributed by atoms with E-state index in [1.807, 2.05) is 6.92 Å². The average molecular weight is 485 g/mol. The van der Waals surface area contributed by atoms with Gasteiger partial charge in [0.1, 0.15) is 11.5 Å². The summed E-state index contributed by atoms with van der Waals surface area (Å²) in [6.45, 7) is 1.35. The molecule has 0 bridgehead atoms. The summed E-state index contributed by atoms with van der Waals surface area (Å²) < 4.78 is 42.9. The third-order valence-electron chi connectivity index (χ3n) is 4.72. The predicted octanol–water partition coefficient (Wildman–Crippen LogP) is 3.61. The molecule has 0 aliphatic heterocycles. The monoisotopic (exact) mass is 484 g/mol. The molecule has 34 heavy (non-hydrogen) atoms. The maximum atomic E-state index is 12.6. The normalized spacial score (nSPS) is 10.8. The van der Waals surface area contributed by atoms with Crippen molar-refractivity contribution in [2.45, 2.75) is 11.8 Å². The Hall–Kier alpha value is -4.05. The van der Waals surface area contributed by atoms with Gasteiger partial charge in [-0.15, -0.1) is 0 Å². The first-order valence-electron chi connectivity index (χ1n) is 10.1. The minimum absolute atomic E-state index is 0.0208. The summed E-state index contributed by atoms with van der Waals surface area (Å²) in [5.41, 5.74) is 1.88. The largest absolute Gasteiger partial charge is 0.497 e. The van der Waals surface area contributed by atoms with Crippen molar-refractivity contribution in [3.8, 4) is 11.5 Å². The number of hydrogen-bond acceptors (Lipinski definition) is 7. The summed E-state index contributed by atoms with van der Waals surface area (Å²) in [7, 11) is -0.883. The fourth-order valence-corrected chi connectivity index (χ4v) is 3.98. The summed E-state index contributed by atoms with van der Waals surface area (Å²) in [5, 5.41) is 2.59. The third-order valence-corrected chi connectivity index (χ3v) is 6.12. The van der Waals surface area contributed by atoms with Crippen LogP contribution in [-0.4, -0.2) is 41.1 Å². The number of methoxy groups -OCH3 is 2. The number of amides is 1. The van der Waals surface area contributed by atoms with Crippen LogP contribution < -0.4 is 19.5 Å². The lowest BCUT2D eigenvalue weighted by molar-refractivity contribution is -0.119. The van der Waals surface area contributed by atoms with Gasteiger partial charge in [0.05, 0.1) is 30.4 Å². The summed E-state index contributed by atoms with van der Waals surface area (Å²) in [6, 6.07) is 17.0. The van der Waals surface area contributed by atoms with Crippen molar-refractivity contribution in [3.63, 3.8) is 0 Å². The van der Waals surface area contributed by atoms with Crippen LogP contribution in [0.5, 0.6) is 11.5 Å². The zero-order valence-electron chi connectivity index (χ0n) is 18.8. The number of hydrogen-bond donors (Lipinski definition) is 2. The number of sulfonamides is 1. The van der Waals surface area contributed by atoms with Gasteiger partial charge in [-0.1, -0.05) is 17.7 Å². The lowest BCUT2D eigenvalue weighted by atomic mass is 10.2. The summed E-state index contributed by atoms with van der Waals surface area (Å²) >= 11 is 0. The summed E-state index contributed by atoms with van der Waals surface area (Å²) in [4.78, 5) is 24.5. The predicted molar refractivity (Wildman–Crippen MR) is 127 cm³/mol. The van der Waals surface area contributed by atoms with E-state index < -0.39 is 28.5 Å². The molecule has 0 atom stereocenters. The lowest BCUT2D eigenvalue weighted by Gasteiger charge is -2.12. The maximum Gasteiger partial charge on any atom is 0.338 e. The molecule has 9 nitrogen and oxygen atoms in total. The fraction of sp³-hybridized carbons (Fsp3) is 0.167. The molecule has 0 saturated heterocycles. The van der Waals surface area contributed by atoms with Crippen LogP contribution in [0, 0.1) is 6.92 Å². The molecule has 3 rings (SSSR count). The van der Waals surface area contributed by atoms with Gasteiger partial charge in [0.25, 0.3) is 15.9 Å². The van der Waals surface area contributed by atoms with E-state index >= 15 is 0 Å². The number of anilines is 2. The standard InChI is InChI=1S/C24H24N2O7S/c1-16-4-8-18(9-5-16)26-34(29,30)20-11-6-17(7-12-20)24(28)33-15-23(27)25-21-14-19(31-2)10-13-22(21)32-3/h4-14,26H,15H2,1-3H3,(H,25,27). The maximum absolute atomic E-state index is 12.6. The molecule has 10 heteroatoms. The van der Waals surface area contributed by atoms with Crippen LogP contribution in [0.3, 0.4) is 0 Å². The highest BCUT2D eigenvalue weighted by Crippen LogP contribution is 2.28. The Balaban J connectivity index is 1.59. The van der Waals surface area contributed by atoms with E-state index in [0.717, 1.165) is 5.56 Å². The number of carbonyl (C=O) groups is 2. The second-order valence-electron chi connectivity index (χ2n) is 7.19. The van der Waals surface area contributed by atoms with E-state index in [-0.39, 0.29) is 10.5 Å². The summed E-state index contributed by atoms with van der Waals surface area (Å²) in [5.74, 6) is -0.430. The second kappa shape index (κ2) is 10.7. The Labute approximate surface area is 197 Å². The highest BCUT2D eigenvalue weighted by atomic mass is 32.2. The fourth-order valence-electron chi connectivity index (χ4n) is 2.92. The Morgan fingerprint density at radius 1 is 0.882 bits per heavy atom. The number of aryl methyl sites for hydroxylation is 1. The first-order valence-corrected chi connectivity index (χ1v) is 11.6. The SMILES string of the molecule is COc1ccc(OC)c(NC(=O)COC(=O)c2ccc(S(=O)(=O)Nc3ccc(C)cc3)cc2)c1. The minimum atomic E-state index is -3.83. The molecule has 0 saturated carbocycles. The first-order chi connectivity index (χ1) is 16.2. The smallest absolute Gasteiger partial charge is 0.338 e. The van der Waals surface area contributed by atoms with Crippen molar-refractivity contribution >= 4 is 33.3 Å². The van der Waals surface area contributed by atoms with Gasteiger partial charge >= 0.3 is 5.97 Å². The number of rotatable bonds is 9. The van der Waals surface area contributed by atoms with E-state index in [0.29, 0.717) is 22.9 Å². The first kappa shape index (κ1) is 24.6. The van der Waals surface area contributed by atoms with Crippen LogP contribution in [0.4, 0.5) is 11.4 Å². The number of ether oxygens (including phenoxy) is 3. The zero-order valence-corrected chi connectivity index (χ0v) is 19.6. The van der Waals surface area contributed by atoms with Crippen molar-refractivity contribution in [2.75, 3.05) is 30.9 Å².